The van der Waals surface area contributed by atoms with Crippen molar-refractivity contribution in [3.8, 4) is 0 Å². The lowest BCUT2D eigenvalue weighted by Crippen LogP contribution is -1.82. The topological polar surface area (TPSA) is 24.7 Å². The molecule has 0 aliphatic heterocycles. The summed E-state index contributed by atoms with van der Waals surface area (Å²) in [6, 6.07) is 0. The Morgan fingerprint density at radius 3 is 2.43 bits per heavy atom. The van der Waals surface area contributed by atoms with Gasteiger partial charge in [0.05, 0.1) is 0 Å². The normalized spacial score (nSPS) is 11.4. The van der Waals surface area contributed by atoms with Crippen LogP contribution in [0.1, 0.15) is 20.3 Å². The lowest BCUT2D eigenvalue weighted by molar-refractivity contribution is 1.17. The van der Waals surface area contributed by atoms with Crippen LogP contribution in [0.2, 0.25) is 0 Å². The molecule has 0 saturated heterocycles. The Morgan fingerprint density at radius 2 is 2.29 bits per heavy atom. The van der Waals surface area contributed by atoms with Crippen LogP contribution in [-0.4, -0.2) is 12.4 Å². The van der Waals surface area contributed by atoms with E-state index in [4.69, 9.17) is 0 Å². The maximum absolute atomic E-state index is 3.67. The molecule has 40 valence electrons. The fourth-order valence-corrected chi connectivity index (χ4v) is 0.191. The van der Waals surface area contributed by atoms with Gasteiger partial charge in [-0.3, -0.25) is 0 Å². The minimum Gasteiger partial charge on any atom is -0.167 e. The third-order valence-corrected chi connectivity index (χ3v) is 0.753. The molecule has 0 fully saturated rings. The molecule has 2 heteroatoms. The van der Waals surface area contributed by atoms with Gasteiger partial charge in [0.25, 0.3) is 0 Å². The van der Waals surface area contributed by atoms with E-state index in [1.54, 1.807) is 0 Å². The second-order valence-electron chi connectivity index (χ2n) is 1.33. The lowest BCUT2D eigenvalue weighted by Gasteiger charge is -1.83. The minimum atomic E-state index is 0.957. The van der Waals surface area contributed by atoms with Crippen LogP contribution in [0.4, 0.5) is 0 Å². The minimum absolute atomic E-state index is 0.957. The fourth-order valence-electron chi connectivity index (χ4n) is 0.191. The largest absolute Gasteiger partial charge is 0.167 e. The van der Waals surface area contributed by atoms with Gasteiger partial charge in [0, 0.05) is 12.4 Å². The summed E-state index contributed by atoms with van der Waals surface area (Å²) in [5.41, 5.74) is 1.02. The zero-order valence-electron chi connectivity index (χ0n) is 4.81. The van der Waals surface area contributed by atoms with Crippen LogP contribution >= 0.6 is 0 Å². The molecule has 0 spiro atoms. The van der Waals surface area contributed by atoms with E-state index in [0.29, 0.717) is 0 Å². The molecule has 7 heavy (non-hydrogen) atoms. The SMILES string of the molecule is C=N/N=C(\C)CC. The van der Waals surface area contributed by atoms with Crippen molar-refractivity contribution in [1.29, 1.82) is 0 Å². The van der Waals surface area contributed by atoms with Gasteiger partial charge < -0.3 is 0 Å². The van der Waals surface area contributed by atoms with Crippen molar-refractivity contribution in [3.63, 3.8) is 0 Å². The Kier molecular flexibility index (Phi) is 3.19. The molecule has 0 radical (unpaired) electrons. The zero-order chi connectivity index (χ0) is 5.70. The van der Waals surface area contributed by atoms with Crippen LogP contribution in [0, 0.1) is 0 Å². The Labute approximate surface area is 44.0 Å². The molecular weight excluding hydrogens is 88.1 g/mol. The Bertz CT molecular complexity index is 84.1. The van der Waals surface area contributed by atoms with Crippen molar-refractivity contribution in [2.24, 2.45) is 10.2 Å². The molecule has 0 bridgehead atoms. The number of hydrogen-bond acceptors (Lipinski definition) is 2. The van der Waals surface area contributed by atoms with Crippen LogP contribution in [0.5, 0.6) is 0 Å². The highest BCUT2D eigenvalue weighted by molar-refractivity contribution is 5.81. The monoisotopic (exact) mass is 98.1 g/mol. The molecule has 0 aliphatic carbocycles. The van der Waals surface area contributed by atoms with E-state index in [1.165, 1.54) is 0 Å². The van der Waals surface area contributed by atoms with Crippen LogP contribution < -0.4 is 0 Å². The molecule has 0 saturated carbocycles. The Balaban J connectivity index is 3.49. The van der Waals surface area contributed by atoms with E-state index in [1.807, 2.05) is 13.8 Å². The van der Waals surface area contributed by atoms with Gasteiger partial charge in [-0.2, -0.15) is 10.2 Å². The van der Waals surface area contributed by atoms with Gasteiger partial charge in [0.1, 0.15) is 0 Å². The molecule has 0 unspecified atom stereocenters. The average molecular weight is 98.1 g/mol. The Hall–Kier alpha value is -0.660. The molecule has 0 aromatic heterocycles. The van der Waals surface area contributed by atoms with Crippen molar-refractivity contribution in [3.05, 3.63) is 0 Å². The molecule has 0 rings (SSSR count). The third-order valence-electron chi connectivity index (χ3n) is 0.753. The van der Waals surface area contributed by atoms with Gasteiger partial charge in [-0.1, -0.05) is 6.92 Å². The standard InChI is InChI=1S/C5H10N2/c1-4-5(2)7-6-3/h3-4H2,1-2H3/b7-5+. The molecule has 0 N–H and O–H groups in total. The molecule has 0 atom stereocenters. The van der Waals surface area contributed by atoms with Gasteiger partial charge >= 0.3 is 0 Å². The van der Waals surface area contributed by atoms with Crippen LogP contribution in [0.25, 0.3) is 0 Å². The predicted octanol–water partition coefficient (Wildman–Crippen LogP) is 1.47. The van der Waals surface area contributed by atoms with Gasteiger partial charge in [-0.05, 0) is 13.3 Å². The first-order valence-corrected chi connectivity index (χ1v) is 2.30. The third kappa shape index (κ3) is 3.16. The molecule has 0 amide bonds. The summed E-state index contributed by atoms with van der Waals surface area (Å²) in [5.74, 6) is 0. The number of rotatable bonds is 2. The van der Waals surface area contributed by atoms with E-state index >= 15 is 0 Å². The maximum atomic E-state index is 3.67. The van der Waals surface area contributed by atoms with E-state index in [-0.39, 0.29) is 0 Å². The summed E-state index contributed by atoms with van der Waals surface area (Å²) in [4.78, 5) is 0. The second kappa shape index (κ2) is 3.53. The summed E-state index contributed by atoms with van der Waals surface area (Å²) in [5, 5.41) is 7.02. The fraction of sp³-hybridized carbons (Fsp3) is 0.600. The zero-order valence-corrected chi connectivity index (χ0v) is 4.81. The first-order valence-electron chi connectivity index (χ1n) is 2.30. The first kappa shape index (κ1) is 6.34. The highest BCUT2D eigenvalue weighted by Crippen LogP contribution is 1.81. The summed E-state index contributed by atoms with van der Waals surface area (Å²) >= 11 is 0. The van der Waals surface area contributed by atoms with Crippen LogP contribution in [0.15, 0.2) is 10.2 Å². The van der Waals surface area contributed by atoms with Crippen LogP contribution in [-0.2, 0) is 0 Å². The smallest absolute Gasteiger partial charge is 0.0372 e. The van der Waals surface area contributed by atoms with Crippen molar-refractivity contribution in [2.75, 3.05) is 0 Å². The highest BCUT2D eigenvalue weighted by atomic mass is 15.2. The van der Waals surface area contributed by atoms with Crippen molar-refractivity contribution < 1.29 is 0 Å². The summed E-state index contributed by atoms with van der Waals surface area (Å²) in [7, 11) is 0. The maximum Gasteiger partial charge on any atom is 0.0372 e. The highest BCUT2D eigenvalue weighted by Gasteiger charge is 1.78. The lowest BCUT2D eigenvalue weighted by atomic mass is 10.3. The quantitative estimate of drug-likeness (QED) is 0.369. The van der Waals surface area contributed by atoms with Crippen molar-refractivity contribution in [1.82, 2.24) is 0 Å². The molecular formula is C5H10N2. The number of nitrogens with zero attached hydrogens (tertiary/aromatic N) is 2. The first-order chi connectivity index (χ1) is 3.31. The van der Waals surface area contributed by atoms with E-state index in [9.17, 15) is 0 Å². The predicted molar refractivity (Wildman–Crippen MR) is 32.9 cm³/mol. The number of hydrogen-bond donors (Lipinski definition) is 0. The second-order valence-corrected chi connectivity index (χ2v) is 1.33. The molecule has 0 heterocycles. The van der Waals surface area contributed by atoms with E-state index in [2.05, 4.69) is 16.9 Å². The van der Waals surface area contributed by atoms with Gasteiger partial charge in [-0.25, -0.2) is 0 Å². The molecule has 0 aromatic carbocycles. The molecule has 0 aromatic rings. The summed E-state index contributed by atoms with van der Waals surface area (Å²) in [6.45, 7) is 7.17. The molecule has 0 aliphatic rings. The van der Waals surface area contributed by atoms with Gasteiger partial charge in [-0.15, -0.1) is 0 Å². The van der Waals surface area contributed by atoms with Crippen LogP contribution in [0.3, 0.4) is 0 Å². The van der Waals surface area contributed by atoms with Gasteiger partial charge in [0.2, 0.25) is 0 Å². The van der Waals surface area contributed by atoms with Gasteiger partial charge in [0.15, 0.2) is 0 Å². The average Bonchev–Trinajstić information content (AvgIpc) is 1.68. The van der Waals surface area contributed by atoms with E-state index < -0.39 is 0 Å². The Morgan fingerprint density at radius 1 is 1.71 bits per heavy atom. The summed E-state index contributed by atoms with van der Waals surface area (Å²) < 4.78 is 0. The summed E-state index contributed by atoms with van der Waals surface area (Å²) in [6.07, 6.45) is 0.957. The molecule has 2 nitrogen and oxygen atoms in total. The van der Waals surface area contributed by atoms with Crippen molar-refractivity contribution in [2.45, 2.75) is 20.3 Å². The van der Waals surface area contributed by atoms with E-state index in [0.717, 1.165) is 12.1 Å². The van der Waals surface area contributed by atoms with Crippen molar-refractivity contribution >= 4 is 12.4 Å².